The van der Waals surface area contributed by atoms with Crippen LogP contribution in [-0.4, -0.2) is 39.7 Å². The summed E-state index contributed by atoms with van der Waals surface area (Å²) in [6.07, 6.45) is 5.30. The number of carbonyl (C=O) groups is 1. The minimum absolute atomic E-state index is 0.132. The lowest BCUT2D eigenvalue weighted by Gasteiger charge is -2.28. The Kier molecular flexibility index (Phi) is 6.53. The zero-order chi connectivity index (χ0) is 19.2. The number of rotatable bonds is 6. The summed E-state index contributed by atoms with van der Waals surface area (Å²) in [5.74, 6) is 0.541. The number of urea groups is 1. The highest BCUT2D eigenvalue weighted by Gasteiger charge is 2.33. The van der Waals surface area contributed by atoms with Crippen LogP contribution in [0.15, 0.2) is 42.7 Å². The lowest BCUT2D eigenvalue weighted by molar-refractivity contribution is 0.0861. The van der Waals surface area contributed by atoms with Crippen molar-refractivity contribution in [3.05, 3.63) is 53.3 Å². The summed E-state index contributed by atoms with van der Waals surface area (Å²) >= 11 is 6.29. The third kappa shape index (κ3) is 4.90. The Balaban J connectivity index is 1.61. The fourth-order valence-corrected chi connectivity index (χ4v) is 3.49. The normalized spacial score (nSPS) is 17.6. The van der Waals surface area contributed by atoms with E-state index in [9.17, 15) is 9.90 Å². The van der Waals surface area contributed by atoms with Gasteiger partial charge in [0.1, 0.15) is 12.4 Å². The molecule has 0 aliphatic carbocycles. The molecule has 1 aromatic carbocycles. The zero-order valence-corrected chi connectivity index (χ0v) is 16.0. The van der Waals surface area contributed by atoms with Gasteiger partial charge in [-0.05, 0) is 43.5 Å². The van der Waals surface area contributed by atoms with E-state index < -0.39 is 6.10 Å². The topological polar surface area (TPSA) is 74.7 Å². The molecule has 0 saturated carbocycles. The van der Waals surface area contributed by atoms with Gasteiger partial charge in [-0.1, -0.05) is 24.6 Å². The molecule has 1 unspecified atom stereocenters. The number of nitrogens with zero attached hydrogens (tertiary/aromatic N) is 2. The molecule has 2 amide bonds. The van der Waals surface area contributed by atoms with Crippen molar-refractivity contribution >= 4 is 23.3 Å². The van der Waals surface area contributed by atoms with Crippen LogP contribution >= 0.6 is 11.6 Å². The molecule has 0 radical (unpaired) electrons. The molecule has 1 aliphatic rings. The quantitative estimate of drug-likeness (QED) is 0.780. The Morgan fingerprint density at radius 1 is 1.48 bits per heavy atom. The molecule has 0 spiro atoms. The van der Waals surface area contributed by atoms with Gasteiger partial charge in [-0.2, -0.15) is 0 Å². The molecule has 7 heteroatoms. The number of pyridine rings is 1. The molecule has 2 N–H and O–H groups in total. The smallest absolute Gasteiger partial charge is 0.322 e. The SMILES string of the molecule is CCC(O)[C@H]1CCCN1C(=O)Nc1ccc(OCc2cccnc2)c(Cl)c1. The summed E-state index contributed by atoms with van der Waals surface area (Å²) in [4.78, 5) is 18.3. The third-order valence-electron chi connectivity index (χ3n) is 4.72. The van der Waals surface area contributed by atoms with Gasteiger partial charge in [0.25, 0.3) is 0 Å². The van der Waals surface area contributed by atoms with Crippen molar-refractivity contribution in [2.45, 2.75) is 44.9 Å². The average molecular weight is 390 g/mol. The highest BCUT2D eigenvalue weighted by Crippen LogP contribution is 2.29. The van der Waals surface area contributed by atoms with Crippen LogP contribution in [-0.2, 0) is 6.61 Å². The van der Waals surface area contributed by atoms with E-state index in [1.54, 1.807) is 35.5 Å². The number of halogens is 1. The fraction of sp³-hybridized carbons (Fsp3) is 0.400. The maximum atomic E-state index is 12.6. The average Bonchev–Trinajstić information content (AvgIpc) is 3.17. The molecule has 27 heavy (non-hydrogen) atoms. The summed E-state index contributed by atoms with van der Waals surface area (Å²) in [5.41, 5.74) is 1.54. The number of aliphatic hydroxyl groups is 1. The van der Waals surface area contributed by atoms with Crippen LogP contribution in [0.2, 0.25) is 5.02 Å². The summed E-state index contributed by atoms with van der Waals surface area (Å²) < 4.78 is 5.72. The van der Waals surface area contributed by atoms with Crippen molar-refractivity contribution in [3.63, 3.8) is 0 Å². The molecular weight excluding hydrogens is 366 g/mol. The van der Waals surface area contributed by atoms with E-state index in [-0.39, 0.29) is 12.1 Å². The van der Waals surface area contributed by atoms with Crippen molar-refractivity contribution in [1.82, 2.24) is 9.88 Å². The van der Waals surface area contributed by atoms with Crippen LogP contribution in [0, 0.1) is 0 Å². The van der Waals surface area contributed by atoms with Crippen LogP contribution in [0.5, 0.6) is 5.75 Å². The predicted molar refractivity (Wildman–Crippen MR) is 105 cm³/mol. The maximum absolute atomic E-state index is 12.6. The molecule has 3 rings (SSSR count). The monoisotopic (exact) mass is 389 g/mol. The number of hydrogen-bond donors (Lipinski definition) is 2. The number of ether oxygens (including phenoxy) is 1. The van der Waals surface area contributed by atoms with E-state index in [1.165, 1.54) is 0 Å². The van der Waals surface area contributed by atoms with Crippen LogP contribution < -0.4 is 10.1 Å². The van der Waals surface area contributed by atoms with Gasteiger partial charge in [-0.3, -0.25) is 4.98 Å². The van der Waals surface area contributed by atoms with Crippen molar-refractivity contribution in [1.29, 1.82) is 0 Å². The Bertz CT molecular complexity index is 772. The van der Waals surface area contributed by atoms with Gasteiger partial charge in [0.2, 0.25) is 0 Å². The molecule has 0 bridgehead atoms. The van der Waals surface area contributed by atoms with Crippen molar-refractivity contribution in [3.8, 4) is 5.75 Å². The number of amides is 2. The first-order valence-electron chi connectivity index (χ1n) is 9.15. The second-order valence-electron chi connectivity index (χ2n) is 6.60. The summed E-state index contributed by atoms with van der Waals surface area (Å²) in [6, 6.07) is 8.57. The second kappa shape index (κ2) is 9.06. The highest BCUT2D eigenvalue weighted by molar-refractivity contribution is 6.32. The van der Waals surface area contributed by atoms with E-state index in [0.29, 0.717) is 36.0 Å². The van der Waals surface area contributed by atoms with Crippen LogP contribution in [0.4, 0.5) is 10.5 Å². The molecule has 1 fully saturated rings. The summed E-state index contributed by atoms with van der Waals surface area (Å²) in [6.45, 7) is 2.93. The fourth-order valence-electron chi connectivity index (χ4n) is 3.25. The predicted octanol–water partition coefficient (Wildman–Crippen LogP) is 4.08. The number of aliphatic hydroxyl groups excluding tert-OH is 1. The molecule has 6 nitrogen and oxygen atoms in total. The largest absolute Gasteiger partial charge is 0.487 e. The van der Waals surface area contributed by atoms with Gasteiger partial charge in [0, 0.05) is 30.2 Å². The van der Waals surface area contributed by atoms with Gasteiger partial charge in [0.05, 0.1) is 17.2 Å². The van der Waals surface area contributed by atoms with Gasteiger partial charge >= 0.3 is 6.03 Å². The Hall–Kier alpha value is -2.31. The van der Waals surface area contributed by atoms with E-state index in [2.05, 4.69) is 10.3 Å². The zero-order valence-electron chi connectivity index (χ0n) is 15.3. The van der Waals surface area contributed by atoms with Crippen molar-refractivity contribution < 1.29 is 14.6 Å². The Labute approximate surface area is 164 Å². The Morgan fingerprint density at radius 3 is 3.04 bits per heavy atom. The standard InChI is InChI=1S/C20H24ClN3O3/c1-2-18(25)17-6-4-10-24(17)20(26)23-15-7-8-19(16(21)11-15)27-13-14-5-3-9-22-12-14/h3,5,7-9,11-12,17-18,25H,2,4,6,10,13H2,1H3,(H,23,26)/t17-,18?/m1/s1. The number of aromatic nitrogens is 1. The number of benzene rings is 1. The molecule has 144 valence electrons. The van der Waals surface area contributed by atoms with Crippen molar-refractivity contribution in [2.24, 2.45) is 0 Å². The molecule has 1 saturated heterocycles. The highest BCUT2D eigenvalue weighted by atomic mass is 35.5. The summed E-state index contributed by atoms with van der Waals surface area (Å²) in [7, 11) is 0. The van der Waals surface area contributed by atoms with Gasteiger partial charge in [0.15, 0.2) is 0 Å². The van der Waals surface area contributed by atoms with Crippen LogP contribution in [0.1, 0.15) is 31.7 Å². The molecule has 2 aromatic rings. The van der Waals surface area contributed by atoms with E-state index in [1.807, 2.05) is 19.1 Å². The van der Waals surface area contributed by atoms with Crippen molar-refractivity contribution in [2.75, 3.05) is 11.9 Å². The first-order valence-corrected chi connectivity index (χ1v) is 9.53. The third-order valence-corrected chi connectivity index (χ3v) is 5.02. The maximum Gasteiger partial charge on any atom is 0.322 e. The van der Waals surface area contributed by atoms with E-state index >= 15 is 0 Å². The summed E-state index contributed by atoms with van der Waals surface area (Å²) in [5, 5.41) is 13.4. The second-order valence-corrected chi connectivity index (χ2v) is 7.01. The first kappa shape index (κ1) is 19.5. The minimum Gasteiger partial charge on any atom is -0.487 e. The first-order chi connectivity index (χ1) is 13.1. The number of nitrogens with one attached hydrogen (secondary N) is 1. The van der Waals surface area contributed by atoms with Gasteiger partial charge < -0.3 is 20.1 Å². The van der Waals surface area contributed by atoms with E-state index in [4.69, 9.17) is 16.3 Å². The molecular formula is C20H24ClN3O3. The number of anilines is 1. The Morgan fingerprint density at radius 2 is 2.33 bits per heavy atom. The lowest BCUT2D eigenvalue weighted by Crippen LogP contribution is -2.44. The van der Waals surface area contributed by atoms with Gasteiger partial charge in [-0.25, -0.2) is 4.79 Å². The minimum atomic E-state index is -0.495. The van der Waals surface area contributed by atoms with Crippen LogP contribution in [0.25, 0.3) is 0 Å². The van der Waals surface area contributed by atoms with Gasteiger partial charge in [-0.15, -0.1) is 0 Å². The van der Waals surface area contributed by atoms with Crippen LogP contribution in [0.3, 0.4) is 0 Å². The lowest BCUT2D eigenvalue weighted by atomic mass is 10.1. The molecule has 2 atom stereocenters. The molecule has 1 aliphatic heterocycles. The molecule has 1 aromatic heterocycles. The number of hydrogen-bond acceptors (Lipinski definition) is 4. The molecule has 2 heterocycles. The number of carbonyl (C=O) groups excluding carboxylic acids is 1. The number of likely N-dealkylation sites (tertiary alicyclic amines) is 1. The van der Waals surface area contributed by atoms with E-state index in [0.717, 1.165) is 18.4 Å².